The van der Waals surface area contributed by atoms with Gasteiger partial charge in [0.2, 0.25) is 0 Å². The van der Waals surface area contributed by atoms with Crippen molar-refractivity contribution in [1.29, 1.82) is 0 Å². The largest absolute Gasteiger partial charge is 0.394 e. The maximum atomic E-state index is 10.9. The van der Waals surface area contributed by atoms with Crippen LogP contribution in [-0.2, 0) is 32.2 Å². The van der Waals surface area contributed by atoms with E-state index in [0.717, 1.165) is 11.1 Å². The van der Waals surface area contributed by atoms with E-state index in [4.69, 9.17) is 18.9 Å². The third-order valence-electron chi connectivity index (χ3n) is 4.60. The highest BCUT2D eigenvalue weighted by Crippen LogP contribution is 2.27. The molecule has 1 saturated heterocycles. The first kappa shape index (κ1) is 19.9. The van der Waals surface area contributed by atoms with Crippen LogP contribution in [0.1, 0.15) is 11.1 Å². The Kier molecular flexibility index (Phi) is 7.34. The van der Waals surface area contributed by atoms with Crippen LogP contribution in [0.15, 0.2) is 60.7 Å². The van der Waals surface area contributed by atoms with Crippen LogP contribution in [0, 0.1) is 0 Å². The molecule has 146 valence electrons. The van der Waals surface area contributed by atoms with E-state index in [-0.39, 0.29) is 6.61 Å². The molecule has 0 spiro atoms. The van der Waals surface area contributed by atoms with Crippen LogP contribution in [0.2, 0.25) is 0 Å². The van der Waals surface area contributed by atoms with Gasteiger partial charge in [0.1, 0.15) is 24.4 Å². The third kappa shape index (κ3) is 5.13. The van der Waals surface area contributed by atoms with Crippen molar-refractivity contribution in [3.8, 4) is 0 Å². The van der Waals surface area contributed by atoms with Gasteiger partial charge in [0.25, 0.3) is 0 Å². The van der Waals surface area contributed by atoms with Gasteiger partial charge in [0, 0.05) is 7.11 Å². The quantitative estimate of drug-likeness (QED) is 0.735. The second-order valence-electron chi connectivity index (χ2n) is 6.47. The summed E-state index contributed by atoms with van der Waals surface area (Å²) in [6.45, 7) is 0.314. The van der Waals surface area contributed by atoms with Crippen molar-refractivity contribution in [2.45, 2.75) is 43.9 Å². The summed E-state index contributed by atoms with van der Waals surface area (Å²) in [5.41, 5.74) is 1.95. The molecule has 5 atom stereocenters. The summed E-state index contributed by atoms with van der Waals surface area (Å²) in [7, 11) is 1.48. The monoisotopic (exact) mass is 374 g/mol. The molecular weight excluding hydrogens is 348 g/mol. The van der Waals surface area contributed by atoms with Crippen molar-refractivity contribution in [1.82, 2.24) is 0 Å². The zero-order chi connectivity index (χ0) is 19.1. The first-order chi connectivity index (χ1) is 13.2. The molecule has 1 heterocycles. The van der Waals surface area contributed by atoms with Gasteiger partial charge >= 0.3 is 0 Å². The van der Waals surface area contributed by atoms with E-state index in [0.29, 0.717) is 13.2 Å². The van der Waals surface area contributed by atoms with E-state index in [1.807, 2.05) is 60.7 Å². The molecule has 1 fully saturated rings. The maximum absolute atomic E-state index is 10.9. The summed E-state index contributed by atoms with van der Waals surface area (Å²) in [6, 6.07) is 19.3. The average molecular weight is 374 g/mol. The van der Waals surface area contributed by atoms with E-state index in [9.17, 15) is 10.2 Å². The standard InChI is InChI=1S/C21H26O6/c1-24-21-20(26-14-16-10-6-3-7-11-16)18(23)19(17(12-22)27-21)25-13-15-8-4-2-5-9-15/h2-11,17-23H,12-14H2,1H3/t17-,18-,19-,20-,21+/m1/s1. The predicted octanol–water partition coefficient (Wildman–Crippen LogP) is 1.88. The Balaban J connectivity index is 1.68. The van der Waals surface area contributed by atoms with Gasteiger partial charge in [0.05, 0.1) is 19.8 Å². The molecule has 0 amide bonds. The lowest BCUT2D eigenvalue weighted by atomic mass is 9.98. The van der Waals surface area contributed by atoms with Gasteiger partial charge in [-0.3, -0.25) is 0 Å². The number of benzene rings is 2. The van der Waals surface area contributed by atoms with Gasteiger partial charge in [-0.25, -0.2) is 0 Å². The summed E-state index contributed by atoms with van der Waals surface area (Å²) < 4.78 is 22.9. The Labute approximate surface area is 159 Å². The Hall–Kier alpha value is -1.80. The smallest absolute Gasteiger partial charge is 0.186 e. The molecule has 0 saturated carbocycles. The minimum Gasteiger partial charge on any atom is -0.394 e. The van der Waals surface area contributed by atoms with E-state index >= 15 is 0 Å². The van der Waals surface area contributed by atoms with Gasteiger partial charge in [-0.2, -0.15) is 0 Å². The van der Waals surface area contributed by atoms with Crippen LogP contribution in [0.5, 0.6) is 0 Å². The molecule has 0 unspecified atom stereocenters. The van der Waals surface area contributed by atoms with Gasteiger partial charge < -0.3 is 29.2 Å². The zero-order valence-electron chi connectivity index (χ0n) is 15.3. The number of aliphatic hydroxyl groups excluding tert-OH is 2. The Bertz CT molecular complexity index is 607. The van der Waals surface area contributed by atoms with Crippen molar-refractivity contribution in [3.05, 3.63) is 71.8 Å². The normalized spacial score (nSPS) is 28.2. The van der Waals surface area contributed by atoms with Crippen molar-refractivity contribution >= 4 is 0 Å². The van der Waals surface area contributed by atoms with E-state index in [1.165, 1.54) is 7.11 Å². The van der Waals surface area contributed by atoms with Gasteiger partial charge in [-0.05, 0) is 11.1 Å². The molecule has 0 aromatic heterocycles. The number of hydrogen-bond acceptors (Lipinski definition) is 6. The molecular formula is C21H26O6. The predicted molar refractivity (Wildman–Crippen MR) is 98.8 cm³/mol. The molecule has 2 aromatic carbocycles. The second-order valence-corrected chi connectivity index (χ2v) is 6.47. The molecule has 1 aliphatic rings. The van der Waals surface area contributed by atoms with Crippen molar-refractivity contribution in [2.24, 2.45) is 0 Å². The van der Waals surface area contributed by atoms with Gasteiger partial charge in [-0.1, -0.05) is 60.7 Å². The summed E-state index contributed by atoms with van der Waals surface area (Å²) in [4.78, 5) is 0. The fraction of sp³-hybridized carbons (Fsp3) is 0.429. The van der Waals surface area contributed by atoms with E-state index in [1.54, 1.807) is 0 Å². The first-order valence-corrected chi connectivity index (χ1v) is 9.01. The fourth-order valence-electron chi connectivity index (χ4n) is 3.15. The molecule has 0 radical (unpaired) electrons. The van der Waals surface area contributed by atoms with Gasteiger partial charge in [0.15, 0.2) is 6.29 Å². The summed E-state index contributed by atoms with van der Waals surface area (Å²) in [5.74, 6) is 0. The number of ether oxygens (including phenoxy) is 4. The highest BCUT2D eigenvalue weighted by molar-refractivity contribution is 5.14. The second kappa shape index (κ2) is 9.94. The number of rotatable bonds is 8. The Morgan fingerprint density at radius 1 is 0.852 bits per heavy atom. The van der Waals surface area contributed by atoms with Crippen LogP contribution in [-0.4, -0.2) is 54.6 Å². The highest BCUT2D eigenvalue weighted by atomic mass is 16.7. The molecule has 6 nitrogen and oxygen atoms in total. The van der Waals surface area contributed by atoms with Crippen LogP contribution < -0.4 is 0 Å². The zero-order valence-corrected chi connectivity index (χ0v) is 15.3. The summed E-state index contributed by atoms with van der Waals surface area (Å²) in [6.07, 6.45) is -3.97. The summed E-state index contributed by atoms with van der Waals surface area (Å²) >= 11 is 0. The lowest BCUT2D eigenvalue weighted by molar-refractivity contribution is -0.313. The topological polar surface area (TPSA) is 77.4 Å². The first-order valence-electron chi connectivity index (χ1n) is 9.01. The van der Waals surface area contributed by atoms with Gasteiger partial charge in [-0.15, -0.1) is 0 Å². The molecule has 2 aromatic rings. The molecule has 0 aliphatic carbocycles. The molecule has 3 rings (SSSR count). The number of hydrogen-bond donors (Lipinski definition) is 2. The fourth-order valence-corrected chi connectivity index (χ4v) is 3.15. The van der Waals surface area contributed by atoms with Crippen LogP contribution in [0.4, 0.5) is 0 Å². The van der Waals surface area contributed by atoms with Crippen molar-refractivity contribution < 1.29 is 29.2 Å². The third-order valence-corrected chi connectivity index (χ3v) is 4.60. The van der Waals surface area contributed by atoms with Crippen LogP contribution in [0.3, 0.4) is 0 Å². The molecule has 0 bridgehead atoms. The molecule has 6 heteroatoms. The van der Waals surface area contributed by atoms with Crippen LogP contribution >= 0.6 is 0 Å². The molecule has 1 aliphatic heterocycles. The minimum absolute atomic E-state index is 0.290. The van der Waals surface area contributed by atoms with Crippen molar-refractivity contribution in [2.75, 3.05) is 13.7 Å². The number of methoxy groups -OCH3 is 1. The van der Waals surface area contributed by atoms with Crippen LogP contribution in [0.25, 0.3) is 0 Å². The SMILES string of the molecule is CO[C@H]1O[C@H](CO)[C@@H](OCc2ccccc2)[C@@H](O)[C@H]1OCc1ccccc1. The summed E-state index contributed by atoms with van der Waals surface area (Å²) in [5, 5.41) is 20.5. The van der Waals surface area contributed by atoms with E-state index < -0.39 is 30.7 Å². The Morgan fingerprint density at radius 2 is 1.37 bits per heavy atom. The molecule has 27 heavy (non-hydrogen) atoms. The van der Waals surface area contributed by atoms with E-state index in [2.05, 4.69) is 0 Å². The van der Waals surface area contributed by atoms with Crippen molar-refractivity contribution in [3.63, 3.8) is 0 Å². The highest BCUT2D eigenvalue weighted by Gasteiger charge is 2.46. The molecule has 2 N–H and O–H groups in total. The Morgan fingerprint density at radius 3 is 1.85 bits per heavy atom. The maximum Gasteiger partial charge on any atom is 0.186 e. The average Bonchev–Trinajstić information content (AvgIpc) is 2.73. The minimum atomic E-state index is -1.01. The number of aliphatic hydroxyl groups is 2. The lowest BCUT2D eigenvalue weighted by Crippen LogP contribution is -2.60. The lowest BCUT2D eigenvalue weighted by Gasteiger charge is -2.43.